The van der Waals surface area contributed by atoms with Crippen LogP contribution in [-0.4, -0.2) is 43.8 Å². The number of benzene rings is 1. The molecule has 2 heterocycles. The summed E-state index contributed by atoms with van der Waals surface area (Å²) in [5.74, 6) is 0.127. The van der Waals surface area contributed by atoms with Gasteiger partial charge in [-0.3, -0.25) is 10.1 Å². The van der Waals surface area contributed by atoms with Gasteiger partial charge in [-0.1, -0.05) is 23.2 Å². The smallest absolute Gasteiger partial charge is 0.264 e. The summed E-state index contributed by atoms with van der Waals surface area (Å²) in [7, 11) is 0. The Hall–Kier alpha value is -1.38. The van der Waals surface area contributed by atoms with Crippen molar-refractivity contribution in [3.63, 3.8) is 0 Å². The van der Waals surface area contributed by atoms with Crippen LogP contribution in [0.2, 0.25) is 10.0 Å². The number of quaternary nitrogens is 1. The number of carbonyl (C=O) groups excluding carboxylic acids is 1. The Balaban J connectivity index is 1.47. The molecule has 0 atom stereocenters. The molecule has 3 rings (SSSR count). The molecule has 0 spiro atoms. The molecule has 1 aliphatic heterocycles. The standard InChI is InChI=1S/C16H17Cl2N3O3S/c17-11-1-2-14(13(18)7-11)24-9-15(22)20-16-19-12(10-25-16)8-21-3-5-23-6-4-21/h1-2,7,10H,3-6,8-9H2,(H,19,20,22)/p+1. The highest BCUT2D eigenvalue weighted by molar-refractivity contribution is 7.13. The van der Waals surface area contributed by atoms with Crippen molar-refractivity contribution in [1.82, 2.24) is 4.98 Å². The van der Waals surface area contributed by atoms with Gasteiger partial charge in [-0.15, -0.1) is 11.3 Å². The van der Waals surface area contributed by atoms with E-state index in [9.17, 15) is 4.79 Å². The van der Waals surface area contributed by atoms with Gasteiger partial charge in [0.15, 0.2) is 11.7 Å². The Kier molecular flexibility index (Phi) is 6.50. The fraction of sp³-hybridized carbons (Fsp3) is 0.375. The van der Waals surface area contributed by atoms with Gasteiger partial charge in [-0.25, -0.2) is 4.98 Å². The van der Waals surface area contributed by atoms with Crippen LogP contribution in [0.15, 0.2) is 23.6 Å². The summed E-state index contributed by atoms with van der Waals surface area (Å²) in [4.78, 5) is 17.9. The Morgan fingerprint density at radius 3 is 2.92 bits per heavy atom. The highest BCUT2D eigenvalue weighted by Crippen LogP contribution is 2.27. The highest BCUT2D eigenvalue weighted by Gasteiger charge is 2.16. The number of aromatic nitrogens is 1. The van der Waals surface area contributed by atoms with Crippen molar-refractivity contribution in [2.75, 3.05) is 38.2 Å². The van der Waals surface area contributed by atoms with E-state index < -0.39 is 0 Å². The number of ether oxygens (including phenoxy) is 2. The summed E-state index contributed by atoms with van der Waals surface area (Å²) >= 11 is 13.2. The summed E-state index contributed by atoms with van der Waals surface area (Å²) in [6, 6.07) is 4.85. The number of amides is 1. The van der Waals surface area contributed by atoms with Crippen molar-refractivity contribution in [3.05, 3.63) is 39.3 Å². The van der Waals surface area contributed by atoms with Crippen LogP contribution in [0.4, 0.5) is 5.13 Å². The molecule has 134 valence electrons. The molecule has 1 fully saturated rings. The second-order valence-corrected chi connectivity index (χ2v) is 7.30. The van der Waals surface area contributed by atoms with E-state index in [0.717, 1.165) is 38.5 Å². The molecule has 6 nitrogen and oxygen atoms in total. The van der Waals surface area contributed by atoms with E-state index in [2.05, 4.69) is 10.3 Å². The number of anilines is 1. The molecule has 25 heavy (non-hydrogen) atoms. The maximum Gasteiger partial charge on any atom is 0.264 e. The highest BCUT2D eigenvalue weighted by atomic mass is 35.5. The predicted octanol–water partition coefficient (Wildman–Crippen LogP) is 1.88. The third-order valence-electron chi connectivity index (χ3n) is 3.68. The van der Waals surface area contributed by atoms with E-state index in [-0.39, 0.29) is 12.5 Å². The molecule has 0 aliphatic carbocycles. The number of hydrogen-bond acceptors (Lipinski definition) is 5. The first kappa shape index (κ1) is 18.4. The van der Waals surface area contributed by atoms with Gasteiger partial charge in [0.1, 0.15) is 31.1 Å². The average molecular weight is 403 g/mol. The number of nitrogens with one attached hydrogen (secondary N) is 2. The van der Waals surface area contributed by atoms with Gasteiger partial charge in [-0.05, 0) is 18.2 Å². The van der Waals surface area contributed by atoms with E-state index in [1.165, 1.54) is 16.2 Å². The lowest BCUT2D eigenvalue weighted by Crippen LogP contribution is -3.12. The van der Waals surface area contributed by atoms with Crippen molar-refractivity contribution in [1.29, 1.82) is 0 Å². The molecule has 0 radical (unpaired) electrons. The topological polar surface area (TPSA) is 64.9 Å². The van der Waals surface area contributed by atoms with E-state index in [0.29, 0.717) is 20.9 Å². The van der Waals surface area contributed by atoms with Crippen LogP contribution >= 0.6 is 34.5 Å². The molecule has 2 aromatic rings. The van der Waals surface area contributed by atoms with Crippen molar-refractivity contribution in [2.24, 2.45) is 0 Å². The fourth-order valence-electron chi connectivity index (χ4n) is 2.43. The lowest BCUT2D eigenvalue weighted by molar-refractivity contribution is -0.921. The van der Waals surface area contributed by atoms with Crippen molar-refractivity contribution in [2.45, 2.75) is 6.54 Å². The quantitative estimate of drug-likeness (QED) is 0.773. The van der Waals surface area contributed by atoms with Gasteiger partial charge >= 0.3 is 0 Å². The van der Waals surface area contributed by atoms with Gasteiger partial charge in [0.05, 0.1) is 18.2 Å². The SMILES string of the molecule is O=C(COc1ccc(Cl)cc1Cl)Nc1nc(C[NH+]2CCOCC2)cs1. The lowest BCUT2D eigenvalue weighted by Gasteiger charge is -2.22. The van der Waals surface area contributed by atoms with Crippen molar-refractivity contribution < 1.29 is 19.2 Å². The normalized spacial score (nSPS) is 15.1. The number of carbonyl (C=O) groups is 1. The van der Waals surface area contributed by atoms with E-state index in [1.54, 1.807) is 18.2 Å². The first-order chi connectivity index (χ1) is 12.1. The molecule has 1 amide bonds. The largest absolute Gasteiger partial charge is 0.482 e. The summed E-state index contributed by atoms with van der Waals surface area (Å²) in [6.07, 6.45) is 0. The third kappa shape index (κ3) is 5.55. The van der Waals surface area contributed by atoms with E-state index >= 15 is 0 Å². The second kappa shape index (κ2) is 8.82. The molecule has 0 bridgehead atoms. The summed E-state index contributed by atoms with van der Waals surface area (Å²) in [5, 5.41) is 6.16. The molecule has 1 aromatic heterocycles. The van der Waals surface area contributed by atoms with Crippen LogP contribution in [0.25, 0.3) is 0 Å². The average Bonchev–Trinajstić information content (AvgIpc) is 3.02. The van der Waals surface area contributed by atoms with E-state index in [4.69, 9.17) is 32.7 Å². The molecule has 9 heteroatoms. The first-order valence-corrected chi connectivity index (χ1v) is 9.47. The Bertz CT molecular complexity index is 735. The number of hydrogen-bond donors (Lipinski definition) is 2. The van der Waals surface area contributed by atoms with Crippen molar-refractivity contribution >= 4 is 45.6 Å². The number of halogens is 2. The van der Waals surface area contributed by atoms with Gasteiger partial charge < -0.3 is 14.4 Å². The van der Waals surface area contributed by atoms with Crippen LogP contribution in [-0.2, 0) is 16.1 Å². The first-order valence-electron chi connectivity index (χ1n) is 7.83. The number of rotatable bonds is 6. The Labute approximate surface area is 159 Å². The van der Waals surface area contributed by atoms with Gasteiger partial charge in [0, 0.05) is 10.4 Å². The van der Waals surface area contributed by atoms with Crippen LogP contribution in [0.5, 0.6) is 5.75 Å². The van der Waals surface area contributed by atoms with Crippen LogP contribution in [0.3, 0.4) is 0 Å². The Morgan fingerprint density at radius 2 is 2.16 bits per heavy atom. The predicted molar refractivity (Wildman–Crippen MR) is 97.9 cm³/mol. The fourth-order valence-corrected chi connectivity index (χ4v) is 3.62. The molecular formula is C16H18Cl2N3O3S+. The van der Waals surface area contributed by atoms with Crippen LogP contribution < -0.4 is 15.0 Å². The number of thiazole rings is 1. The molecular weight excluding hydrogens is 385 g/mol. The molecule has 1 aromatic carbocycles. The minimum Gasteiger partial charge on any atom is -0.482 e. The van der Waals surface area contributed by atoms with Gasteiger partial charge in [0.25, 0.3) is 5.91 Å². The van der Waals surface area contributed by atoms with Crippen LogP contribution in [0, 0.1) is 0 Å². The monoisotopic (exact) mass is 402 g/mol. The number of nitrogens with zero attached hydrogens (tertiary/aromatic N) is 1. The summed E-state index contributed by atoms with van der Waals surface area (Å²) in [5.41, 5.74) is 0.971. The minimum absolute atomic E-state index is 0.148. The molecule has 1 aliphatic rings. The summed E-state index contributed by atoms with van der Waals surface area (Å²) < 4.78 is 10.8. The molecule has 2 N–H and O–H groups in total. The van der Waals surface area contributed by atoms with Crippen molar-refractivity contribution in [3.8, 4) is 5.75 Å². The maximum atomic E-state index is 12.0. The van der Waals surface area contributed by atoms with Gasteiger partial charge in [-0.2, -0.15) is 0 Å². The number of morpholine rings is 1. The summed E-state index contributed by atoms with van der Waals surface area (Å²) in [6.45, 7) is 4.22. The lowest BCUT2D eigenvalue weighted by atomic mass is 10.3. The maximum absolute atomic E-state index is 12.0. The van der Waals surface area contributed by atoms with Gasteiger partial charge in [0.2, 0.25) is 0 Å². The minimum atomic E-state index is -0.286. The molecule has 0 unspecified atom stereocenters. The Morgan fingerprint density at radius 1 is 1.36 bits per heavy atom. The molecule has 0 saturated carbocycles. The van der Waals surface area contributed by atoms with Crippen LogP contribution in [0.1, 0.15) is 5.69 Å². The zero-order chi connectivity index (χ0) is 17.6. The third-order valence-corrected chi connectivity index (χ3v) is 5.02. The zero-order valence-corrected chi connectivity index (χ0v) is 15.7. The zero-order valence-electron chi connectivity index (χ0n) is 13.4. The van der Waals surface area contributed by atoms with E-state index in [1.807, 2.05) is 5.38 Å². The molecule has 1 saturated heterocycles. The second-order valence-electron chi connectivity index (χ2n) is 5.59.